The molecule has 0 spiro atoms. The van der Waals surface area contributed by atoms with Crippen LogP contribution < -0.4 is 0 Å². The van der Waals surface area contributed by atoms with Gasteiger partial charge >= 0.3 is 0 Å². The first-order chi connectivity index (χ1) is 13.2. The molecule has 0 fully saturated rings. The third-order valence-corrected chi connectivity index (χ3v) is 4.79. The van der Waals surface area contributed by atoms with E-state index in [9.17, 15) is 0 Å². The van der Waals surface area contributed by atoms with E-state index in [1.165, 1.54) is 27.8 Å². The van der Waals surface area contributed by atoms with E-state index >= 15 is 0 Å². The Hall–Kier alpha value is -3.45. The predicted molar refractivity (Wildman–Crippen MR) is 115 cm³/mol. The van der Waals surface area contributed by atoms with Crippen molar-refractivity contribution < 1.29 is 0 Å². The summed E-state index contributed by atoms with van der Waals surface area (Å²) >= 11 is 0. The molecule has 0 saturated carbocycles. The Morgan fingerprint density at radius 1 is 0.481 bits per heavy atom. The first kappa shape index (κ1) is 17.0. The van der Waals surface area contributed by atoms with Crippen LogP contribution in [0, 0.1) is 5.41 Å². The van der Waals surface area contributed by atoms with Gasteiger partial charge in [-0.15, -0.1) is 0 Å². The topological polar surface area (TPSA) is 23.9 Å². The standard InChI is InChI=1S/C26H21N/c1-19(27)21-10-5-12-23(16-21)25-14-7-15-26(18-25)24-13-6-11-22(17-24)20-8-3-2-4-9-20/h2-18,27H,1H3. The molecule has 0 aromatic heterocycles. The number of benzene rings is 4. The van der Waals surface area contributed by atoms with Gasteiger partial charge in [-0.1, -0.05) is 84.9 Å². The molecule has 1 nitrogen and oxygen atoms in total. The molecule has 0 unspecified atom stereocenters. The zero-order valence-electron chi connectivity index (χ0n) is 15.3. The number of hydrogen-bond acceptors (Lipinski definition) is 1. The zero-order valence-corrected chi connectivity index (χ0v) is 15.3. The van der Waals surface area contributed by atoms with Gasteiger partial charge in [0, 0.05) is 5.71 Å². The van der Waals surface area contributed by atoms with Gasteiger partial charge in [-0.2, -0.15) is 0 Å². The largest absolute Gasteiger partial charge is 0.305 e. The van der Waals surface area contributed by atoms with E-state index < -0.39 is 0 Å². The Labute approximate surface area is 160 Å². The van der Waals surface area contributed by atoms with Gasteiger partial charge in [-0.05, 0) is 64.1 Å². The molecule has 4 aromatic carbocycles. The molecule has 4 rings (SSSR count). The molecule has 0 amide bonds. The minimum atomic E-state index is 0.587. The van der Waals surface area contributed by atoms with E-state index in [0.717, 1.165) is 11.1 Å². The van der Waals surface area contributed by atoms with Crippen molar-refractivity contribution in [2.24, 2.45) is 0 Å². The predicted octanol–water partition coefficient (Wildman–Crippen LogP) is 7.08. The van der Waals surface area contributed by atoms with E-state index in [0.29, 0.717) is 5.71 Å². The minimum absolute atomic E-state index is 0.587. The molecule has 1 heteroatoms. The van der Waals surface area contributed by atoms with Crippen molar-refractivity contribution in [3.05, 3.63) is 109 Å². The lowest BCUT2D eigenvalue weighted by atomic mass is 9.95. The Kier molecular flexibility index (Phi) is 4.67. The number of hydrogen-bond donors (Lipinski definition) is 1. The highest BCUT2D eigenvalue weighted by molar-refractivity contribution is 5.97. The molecule has 0 atom stereocenters. The van der Waals surface area contributed by atoms with Crippen LogP contribution in [0.15, 0.2) is 103 Å². The van der Waals surface area contributed by atoms with Crippen LogP contribution in [-0.4, -0.2) is 5.71 Å². The molecule has 0 bridgehead atoms. The van der Waals surface area contributed by atoms with Crippen molar-refractivity contribution in [3.63, 3.8) is 0 Å². The minimum Gasteiger partial charge on any atom is -0.305 e. The lowest BCUT2D eigenvalue weighted by molar-refractivity contribution is 1.45. The van der Waals surface area contributed by atoms with E-state index in [2.05, 4.69) is 84.9 Å². The Morgan fingerprint density at radius 2 is 0.889 bits per heavy atom. The van der Waals surface area contributed by atoms with Gasteiger partial charge in [-0.25, -0.2) is 0 Å². The van der Waals surface area contributed by atoms with Crippen molar-refractivity contribution in [2.75, 3.05) is 0 Å². The molecule has 0 heterocycles. The van der Waals surface area contributed by atoms with E-state index in [1.807, 2.05) is 25.1 Å². The smallest absolute Gasteiger partial charge is 0.0355 e. The van der Waals surface area contributed by atoms with Crippen molar-refractivity contribution in [1.82, 2.24) is 0 Å². The Bertz CT molecular complexity index is 1090. The third kappa shape index (κ3) is 3.73. The third-order valence-electron chi connectivity index (χ3n) is 4.79. The maximum absolute atomic E-state index is 7.88. The van der Waals surface area contributed by atoms with Gasteiger partial charge in [0.1, 0.15) is 0 Å². The summed E-state index contributed by atoms with van der Waals surface area (Å²) < 4.78 is 0. The Morgan fingerprint density at radius 3 is 1.41 bits per heavy atom. The average molecular weight is 347 g/mol. The fourth-order valence-electron chi connectivity index (χ4n) is 3.32. The number of nitrogens with one attached hydrogen (secondary N) is 1. The van der Waals surface area contributed by atoms with Crippen LogP contribution in [-0.2, 0) is 0 Å². The van der Waals surface area contributed by atoms with Crippen molar-refractivity contribution in [1.29, 1.82) is 5.41 Å². The average Bonchev–Trinajstić information content (AvgIpc) is 2.75. The molecular formula is C26H21N. The van der Waals surface area contributed by atoms with Gasteiger partial charge in [0.15, 0.2) is 0 Å². The first-order valence-corrected chi connectivity index (χ1v) is 9.12. The summed E-state index contributed by atoms with van der Waals surface area (Å²) in [6, 6.07) is 35.9. The quantitative estimate of drug-likeness (QED) is 0.382. The highest BCUT2D eigenvalue weighted by atomic mass is 14.4. The van der Waals surface area contributed by atoms with E-state index in [4.69, 9.17) is 5.41 Å². The maximum Gasteiger partial charge on any atom is 0.0355 e. The zero-order chi connectivity index (χ0) is 18.6. The SMILES string of the molecule is CC(=N)c1cccc(-c2cccc(-c3cccc(-c4ccccc4)c3)c2)c1. The Balaban J connectivity index is 1.73. The van der Waals surface area contributed by atoms with Crippen LogP contribution in [0.25, 0.3) is 33.4 Å². The van der Waals surface area contributed by atoms with Crippen LogP contribution in [0.4, 0.5) is 0 Å². The molecule has 0 radical (unpaired) electrons. The van der Waals surface area contributed by atoms with Gasteiger partial charge in [0.05, 0.1) is 0 Å². The highest BCUT2D eigenvalue weighted by Crippen LogP contribution is 2.30. The summed E-state index contributed by atoms with van der Waals surface area (Å²) in [6.45, 7) is 1.82. The normalized spacial score (nSPS) is 10.6. The molecular weight excluding hydrogens is 326 g/mol. The summed E-state index contributed by atoms with van der Waals surface area (Å²) in [5, 5.41) is 7.88. The molecule has 0 saturated heterocycles. The van der Waals surface area contributed by atoms with Crippen LogP contribution in [0.1, 0.15) is 12.5 Å². The van der Waals surface area contributed by atoms with Crippen LogP contribution in [0.3, 0.4) is 0 Å². The fraction of sp³-hybridized carbons (Fsp3) is 0.0385. The van der Waals surface area contributed by atoms with Gasteiger partial charge < -0.3 is 5.41 Å². The molecule has 0 aliphatic carbocycles. The van der Waals surface area contributed by atoms with Gasteiger partial charge in [0.2, 0.25) is 0 Å². The summed E-state index contributed by atoms with van der Waals surface area (Å²) in [7, 11) is 0. The summed E-state index contributed by atoms with van der Waals surface area (Å²) in [5.41, 5.74) is 8.71. The molecule has 4 aromatic rings. The monoisotopic (exact) mass is 347 g/mol. The summed E-state index contributed by atoms with van der Waals surface area (Å²) in [4.78, 5) is 0. The molecule has 130 valence electrons. The van der Waals surface area contributed by atoms with Gasteiger partial charge in [-0.3, -0.25) is 0 Å². The van der Waals surface area contributed by atoms with E-state index in [-0.39, 0.29) is 0 Å². The lowest BCUT2D eigenvalue weighted by Crippen LogP contribution is -1.92. The lowest BCUT2D eigenvalue weighted by Gasteiger charge is -2.09. The maximum atomic E-state index is 7.88. The van der Waals surface area contributed by atoms with E-state index in [1.54, 1.807) is 0 Å². The number of rotatable bonds is 4. The second-order valence-corrected chi connectivity index (χ2v) is 6.73. The second kappa shape index (κ2) is 7.43. The highest BCUT2D eigenvalue weighted by Gasteiger charge is 2.05. The summed E-state index contributed by atoms with van der Waals surface area (Å²) in [5.74, 6) is 0. The molecule has 1 N–H and O–H groups in total. The van der Waals surface area contributed by atoms with Crippen molar-refractivity contribution in [3.8, 4) is 33.4 Å². The fourth-order valence-corrected chi connectivity index (χ4v) is 3.32. The summed E-state index contributed by atoms with van der Waals surface area (Å²) in [6.07, 6.45) is 0. The van der Waals surface area contributed by atoms with Crippen molar-refractivity contribution >= 4 is 5.71 Å². The molecule has 0 aliphatic heterocycles. The van der Waals surface area contributed by atoms with Crippen LogP contribution in [0.2, 0.25) is 0 Å². The molecule has 0 aliphatic rings. The van der Waals surface area contributed by atoms with Crippen LogP contribution in [0.5, 0.6) is 0 Å². The first-order valence-electron chi connectivity index (χ1n) is 9.12. The molecule has 27 heavy (non-hydrogen) atoms. The van der Waals surface area contributed by atoms with Gasteiger partial charge in [0.25, 0.3) is 0 Å². The second-order valence-electron chi connectivity index (χ2n) is 6.73. The van der Waals surface area contributed by atoms with Crippen molar-refractivity contribution in [2.45, 2.75) is 6.92 Å². The van der Waals surface area contributed by atoms with Crippen LogP contribution >= 0.6 is 0 Å².